The van der Waals surface area contributed by atoms with Gasteiger partial charge < -0.3 is 10.2 Å². The van der Waals surface area contributed by atoms with Crippen LogP contribution in [0.5, 0.6) is 0 Å². The van der Waals surface area contributed by atoms with E-state index < -0.39 is 17.4 Å². The molecule has 3 aliphatic carbocycles. The lowest BCUT2D eigenvalue weighted by Crippen LogP contribution is -2.40. The second kappa shape index (κ2) is 6.03. The Kier molecular flexibility index (Phi) is 4.08. The Balaban J connectivity index is 1.50. The molecule has 4 nitrogen and oxygen atoms in total. The van der Waals surface area contributed by atoms with Gasteiger partial charge in [0.25, 0.3) is 5.79 Å². The highest BCUT2D eigenvalue weighted by molar-refractivity contribution is 6.30. The van der Waals surface area contributed by atoms with E-state index in [0.717, 1.165) is 35.8 Å². The molecule has 1 aromatic carbocycles. The maximum atomic E-state index is 12.1. The summed E-state index contributed by atoms with van der Waals surface area (Å²) in [5, 5.41) is 19.4. The number of fused-ring (bicyclic) bond motifs is 2. The lowest BCUT2D eigenvalue weighted by atomic mass is 9.74. The first kappa shape index (κ1) is 16.9. The van der Waals surface area contributed by atoms with Crippen molar-refractivity contribution in [2.75, 3.05) is 0 Å². The first-order valence-corrected chi connectivity index (χ1v) is 9.62. The van der Waals surface area contributed by atoms with Gasteiger partial charge in [-0.25, -0.2) is 0 Å². The Labute approximate surface area is 148 Å². The largest absolute Gasteiger partial charge is 0.353 e. The minimum absolute atomic E-state index is 0.182. The van der Waals surface area contributed by atoms with Gasteiger partial charge in [-0.15, -0.1) is 0 Å². The van der Waals surface area contributed by atoms with Crippen LogP contribution in [0.3, 0.4) is 0 Å². The summed E-state index contributed by atoms with van der Waals surface area (Å²) in [7, 11) is 0. The number of ketones is 2. The summed E-state index contributed by atoms with van der Waals surface area (Å²) in [6, 6.07) is 3.48. The zero-order valence-electron chi connectivity index (χ0n) is 14.8. The van der Waals surface area contributed by atoms with Crippen LogP contribution in [0, 0.1) is 17.8 Å². The maximum Gasteiger partial charge on any atom is 0.295 e. The second-order valence-corrected chi connectivity index (χ2v) is 8.23. The molecule has 0 saturated heterocycles. The molecule has 4 rings (SSSR count). The molecule has 1 saturated carbocycles. The van der Waals surface area contributed by atoms with Gasteiger partial charge in [0, 0.05) is 11.1 Å². The molecule has 0 heterocycles. The Hall–Kier alpha value is -1.52. The fourth-order valence-electron chi connectivity index (χ4n) is 5.25. The molecule has 0 spiro atoms. The molecular formula is C21H26O4. The van der Waals surface area contributed by atoms with E-state index in [9.17, 15) is 19.8 Å². The molecule has 134 valence electrons. The Morgan fingerprint density at radius 2 is 1.44 bits per heavy atom. The predicted octanol–water partition coefficient (Wildman–Crippen LogP) is 3.07. The second-order valence-electron chi connectivity index (χ2n) is 8.23. The van der Waals surface area contributed by atoms with Gasteiger partial charge in [-0.1, -0.05) is 32.6 Å². The summed E-state index contributed by atoms with van der Waals surface area (Å²) in [4.78, 5) is 24.2. The van der Waals surface area contributed by atoms with Gasteiger partial charge >= 0.3 is 0 Å². The first-order chi connectivity index (χ1) is 11.9. The van der Waals surface area contributed by atoms with Crippen LogP contribution >= 0.6 is 0 Å². The molecule has 0 atom stereocenters. The fourth-order valence-corrected chi connectivity index (χ4v) is 5.25. The monoisotopic (exact) mass is 342 g/mol. The van der Waals surface area contributed by atoms with Crippen molar-refractivity contribution in [2.45, 2.75) is 64.1 Å². The Morgan fingerprint density at radius 1 is 0.920 bits per heavy atom. The van der Waals surface area contributed by atoms with Crippen LogP contribution in [0.15, 0.2) is 12.1 Å². The summed E-state index contributed by atoms with van der Waals surface area (Å²) < 4.78 is 0. The third-order valence-electron chi connectivity index (χ3n) is 6.68. The lowest BCUT2D eigenvalue weighted by Gasteiger charge is -2.32. The number of hydrogen-bond donors (Lipinski definition) is 2. The van der Waals surface area contributed by atoms with Gasteiger partial charge in [-0.2, -0.15) is 0 Å². The number of Topliss-reactive ketones (excluding diaryl/α,β-unsaturated/α-hetero) is 2. The van der Waals surface area contributed by atoms with Crippen molar-refractivity contribution < 1.29 is 19.8 Å². The number of rotatable bonds is 3. The summed E-state index contributed by atoms with van der Waals surface area (Å²) in [5.41, 5.74) is 2.58. The highest BCUT2D eigenvalue weighted by Gasteiger charge is 2.51. The molecule has 4 heteroatoms. The van der Waals surface area contributed by atoms with Gasteiger partial charge in [0.05, 0.1) is 0 Å². The van der Waals surface area contributed by atoms with Gasteiger partial charge in [-0.3, -0.25) is 9.59 Å². The van der Waals surface area contributed by atoms with E-state index in [-0.39, 0.29) is 11.1 Å². The summed E-state index contributed by atoms with van der Waals surface area (Å²) in [6.07, 6.45) is 9.74. The van der Waals surface area contributed by atoms with Crippen molar-refractivity contribution in [1.82, 2.24) is 0 Å². The summed E-state index contributed by atoms with van der Waals surface area (Å²) in [6.45, 7) is 2.26. The standard InChI is InChI=1S/C21H26O4/c1-2-3-12-4-6-13(7-5-12)14-8-15-10-17-18(11-16(15)9-14)20(23)21(24,25)19(17)22/h10-14,24-25H,2-9H2,1H3. The van der Waals surface area contributed by atoms with Crippen molar-refractivity contribution in [3.63, 3.8) is 0 Å². The minimum Gasteiger partial charge on any atom is -0.353 e. The third kappa shape index (κ3) is 2.67. The van der Waals surface area contributed by atoms with E-state index >= 15 is 0 Å². The topological polar surface area (TPSA) is 74.6 Å². The van der Waals surface area contributed by atoms with E-state index in [1.807, 2.05) is 0 Å². The molecule has 0 aromatic heterocycles. The van der Waals surface area contributed by atoms with Crippen molar-refractivity contribution in [2.24, 2.45) is 17.8 Å². The molecule has 0 radical (unpaired) electrons. The fraction of sp³-hybridized carbons (Fsp3) is 0.619. The van der Waals surface area contributed by atoms with Gasteiger partial charge in [0.1, 0.15) is 0 Å². The molecule has 2 N–H and O–H groups in total. The van der Waals surface area contributed by atoms with Crippen molar-refractivity contribution in [1.29, 1.82) is 0 Å². The van der Waals surface area contributed by atoms with Crippen molar-refractivity contribution in [3.8, 4) is 0 Å². The van der Waals surface area contributed by atoms with E-state index in [1.165, 1.54) is 38.5 Å². The van der Waals surface area contributed by atoms with E-state index in [0.29, 0.717) is 5.92 Å². The van der Waals surface area contributed by atoms with E-state index in [2.05, 4.69) is 6.92 Å². The predicted molar refractivity (Wildman–Crippen MR) is 93.5 cm³/mol. The molecule has 25 heavy (non-hydrogen) atoms. The molecule has 0 aliphatic heterocycles. The molecular weight excluding hydrogens is 316 g/mol. The average Bonchev–Trinajstić information content (AvgIpc) is 3.08. The van der Waals surface area contributed by atoms with Crippen LogP contribution in [0.2, 0.25) is 0 Å². The Morgan fingerprint density at radius 3 is 1.92 bits per heavy atom. The molecule has 3 aliphatic rings. The van der Waals surface area contributed by atoms with Crippen LogP contribution in [-0.4, -0.2) is 27.6 Å². The van der Waals surface area contributed by atoms with Crippen LogP contribution in [0.1, 0.15) is 77.3 Å². The van der Waals surface area contributed by atoms with Gasteiger partial charge in [-0.05, 0) is 66.7 Å². The van der Waals surface area contributed by atoms with Crippen molar-refractivity contribution in [3.05, 3.63) is 34.4 Å². The third-order valence-corrected chi connectivity index (χ3v) is 6.68. The van der Waals surface area contributed by atoms with Crippen LogP contribution in [0.4, 0.5) is 0 Å². The number of benzene rings is 1. The quantitative estimate of drug-likeness (QED) is 0.654. The lowest BCUT2D eigenvalue weighted by molar-refractivity contribution is -0.0857. The highest BCUT2D eigenvalue weighted by atomic mass is 16.5. The van der Waals surface area contributed by atoms with Crippen LogP contribution < -0.4 is 0 Å². The molecule has 0 amide bonds. The van der Waals surface area contributed by atoms with Gasteiger partial charge in [0.2, 0.25) is 11.6 Å². The van der Waals surface area contributed by atoms with Crippen molar-refractivity contribution >= 4 is 11.6 Å². The molecule has 0 bridgehead atoms. The number of carbonyl (C=O) groups is 2. The van der Waals surface area contributed by atoms with Gasteiger partial charge in [0.15, 0.2) is 0 Å². The molecule has 0 unspecified atom stereocenters. The smallest absolute Gasteiger partial charge is 0.295 e. The van der Waals surface area contributed by atoms with Crippen LogP contribution in [-0.2, 0) is 12.8 Å². The minimum atomic E-state index is -2.87. The zero-order valence-corrected chi connectivity index (χ0v) is 14.8. The van der Waals surface area contributed by atoms with Crippen LogP contribution in [0.25, 0.3) is 0 Å². The zero-order chi connectivity index (χ0) is 17.8. The number of carbonyl (C=O) groups excluding carboxylic acids is 2. The normalized spacial score (nSPS) is 28.3. The number of hydrogen-bond acceptors (Lipinski definition) is 4. The molecule has 1 fully saturated rings. The average molecular weight is 342 g/mol. The SMILES string of the molecule is CCCC1CCC(C2Cc3cc4c(cc3C2)C(=O)C(O)(O)C4=O)CC1. The summed E-state index contributed by atoms with van der Waals surface area (Å²) in [5.74, 6) is -2.40. The Bertz CT molecular complexity index is 679. The van der Waals surface area contributed by atoms with E-state index in [4.69, 9.17) is 0 Å². The summed E-state index contributed by atoms with van der Waals surface area (Å²) >= 11 is 0. The number of aliphatic hydroxyl groups is 2. The maximum absolute atomic E-state index is 12.1. The molecule has 1 aromatic rings. The highest BCUT2D eigenvalue weighted by Crippen LogP contribution is 2.43. The van der Waals surface area contributed by atoms with E-state index in [1.54, 1.807) is 12.1 Å². The first-order valence-electron chi connectivity index (χ1n) is 9.62.